The first-order valence-corrected chi connectivity index (χ1v) is 37.7. The van der Waals surface area contributed by atoms with E-state index in [0.29, 0.717) is 29.5 Å². The maximum Gasteiger partial charge on any atom is 0.407 e. The van der Waals surface area contributed by atoms with Crippen LogP contribution >= 0.6 is 11.6 Å². The van der Waals surface area contributed by atoms with Crippen LogP contribution < -0.4 is 63.8 Å². The van der Waals surface area contributed by atoms with Gasteiger partial charge in [0.25, 0.3) is 5.91 Å². The number of aliphatic hydroxyl groups is 4. The van der Waals surface area contributed by atoms with Crippen LogP contribution in [0.15, 0.2) is 103 Å². The van der Waals surface area contributed by atoms with Crippen molar-refractivity contribution in [3.63, 3.8) is 0 Å². The summed E-state index contributed by atoms with van der Waals surface area (Å²) in [5, 5.41) is 91.8. The molecule has 6 unspecified atom stereocenters. The lowest BCUT2D eigenvalue weighted by Gasteiger charge is -2.29. The van der Waals surface area contributed by atoms with Gasteiger partial charge in [0, 0.05) is 19.6 Å². The van der Waals surface area contributed by atoms with E-state index in [1.54, 1.807) is 91.0 Å². The number of carbonyl (C=O) groups excluding carboxylic acids is 13. The van der Waals surface area contributed by atoms with Gasteiger partial charge in [-0.25, -0.2) is 24.0 Å². The number of benzene rings is 3. The standard InChI is InChI=1S/C75H105ClN12O25/c1-4-6-7-8-9-10-11-12-22-31-49(90)38-57(92)80-55-44-110-72(106)60(56(91)40-76)87-63(96)50(5-2)81-69(102)59(45(3)89)86-66(99)53(34-37-79-75(109)113-43-48-29-20-15-21-30-48)84-70(103)61(62(95)71(104)105)88-65(98)51(32-23-24-35-77-73(107)111-41-46-25-16-13-17-26-46)82-67(100)54(39-58(93)94)85-64(97)52(83-68(55)101)33-36-78-74(108)112-42-47-27-18-14-19-28-47/h5,13-21,25-30,45,49,51-56,59-62,89-91,95H,4,6-12,22-24,31-44H2,1-3H3,(H,77,107)(H,78,108)(H,79,109)(H,80,92)(H,81,102)(H,82,100)(H,83,101)(H,84,103)(H,85,97)(H,86,99)(H,87,96)(H,88,98)(H,93,94)(H,104,105)/b50-5+/t45-,49+,51?,52?,53-,54-,55?,56+,59?,60?,61?,62-/m0/s1. The summed E-state index contributed by atoms with van der Waals surface area (Å²) < 4.78 is 21.2. The monoisotopic (exact) mass is 1610 g/mol. The first-order valence-electron chi connectivity index (χ1n) is 37.2. The summed E-state index contributed by atoms with van der Waals surface area (Å²) in [6, 6.07) is 7.66. The fourth-order valence-electron chi connectivity index (χ4n) is 11.0. The number of halogens is 1. The molecule has 0 spiro atoms. The Morgan fingerprint density at radius 3 is 1.44 bits per heavy atom. The maximum atomic E-state index is 14.8. The number of carboxylic acid groups (broad SMARTS) is 2. The molecule has 4 rings (SSSR count). The van der Waals surface area contributed by atoms with Crippen LogP contribution in [0.25, 0.3) is 0 Å². The Hall–Kier alpha value is -11.0. The lowest BCUT2D eigenvalue weighted by Crippen LogP contribution is -2.63. The van der Waals surface area contributed by atoms with Gasteiger partial charge in [0.2, 0.25) is 47.3 Å². The number of unbranched alkanes of at least 4 members (excludes halogenated alkanes) is 9. The molecule has 37 nitrogen and oxygen atoms in total. The molecule has 622 valence electrons. The number of cyclic esters (lactones) is 1. The van der Waals surface area contributed by atoms with Crippen molar-refractivity contribution in [2.24, 2.45) is 0 Å². The van der Waals surface area contributed by atoms with Crippen LogP contribution in [0.3, 0.4) is 0 Å². The second-order valence-electron chi connectivity index (χ2n) is 26.5. The SMILES string of the molecule is C/C=C1/NC(=O)C([C@H](C)O)NC(=O)[C@H](CCNC(=O)OCc2ccccc2)NC(=O)C([C@H](O)C(=O)O)NC(=O)C(CCCCNC(=O)OCc2ccccc2)NC(=O)[C@H](CC(=O)O)NC(=O)C(CCNC(=O)OCc2ccccc2)NC(=O)C(NC(=O)C[C@H](O)CCCCCCCCCCC)COC(=O)C([C@H](O)CCl)NC1=O. The van der Waals surface area contributed by atoms with E-state index in [4.69, 9.17) is 30.5 Å². The number of aliphatic carboxylic acids is 2. The Balaban J connectivity index is 1.86. The molecule has 1 aliphatic rings. The number of alkyl halides is 1. The van der Waals surface area contributed by atoms with Crippen LogP contribution in [0.2, 0.25) is 0 Å². The van der Waals surface area contributed by atoms with Crippen molar-refractivity contribution in [2.45, 2.75) is 222 Å². The van der Waals surface area contributed by atoms with Gasteiger partial charge in [0.15, 0.2) is 12.1 Å². The number of carbonyl (C=O) groups is 15. The summed E-state index contributed by atoms with van der Waals surface area (Å²) in [6.45, 7) is 1.10. The third-order valence-corrected chi connectivity index (χ3v) is 17.7. The van der Waals surface area contributed by atoms with Gasteiger partial charge < -0.3 is 113 Å². The second-order valence-corrected chi connectivity index (χ2v) is 26.8. The number of carboxylic acids is 2. The van der Waals surface area contributed by atoms with Crippen LogP contribution in [0.1, 0.15) is 147 Å². The van der Waals surface area contributed by atoms with Crippen LogP contribution in [0.5, 0.6) is 0 Å². The summed E-state index contributed by atoms with van der Waals surface area (Å²) in [4.78, 5) is 208. The Morgan fingerprint density at radius 1 is 0.522 bits per heavy atom. The van der Waals surface area contributed by atoms with E-state index in [0.717, 1.165) is 57.9 Å². The van der Waals surface area contributed by atoms with Gasteiger partial charge in [0.1, 0.15) is 74.4 Å². The Kier molecular flexibility index (Phi) is 43.6. The molecule has 0 saturated carbocycles. The summed E-state index contributed by atoms with van der Waals surface area (Å²) in [5.74, 6) is -19.1. The number of aliphatic hydroxyl groups excluding tert-OH is 4. The van der Waals surface area contributed by atoms with Gasteiger partial charge in [0.05, 0.1) is 37.0 Å². The molecular formula is C75H105ClN12O25. The molecule has 1 aliphatic heterocycles. The number of rotatable bonds is 37. The molecule has 3 aromatic carbocycles. The molecule has 113 heavy (non-hydrogen) atoms. The molecule has 1 fully saturated rings. The van der Waals surface area contributed by atoms with Crippen molar-refractivity contribution in [3.8, 4) is 0 Å². The Labute approximate surface area is 657 Å². The topological polar surface area (TPSA) is 559 Å². The zero-order chi connectivity index (χ0) is 83.2. The van der Waals surface area contributed by atoms with Gasteiger partial charge in [-0.2, -0.15) is 0 Å². The van der Waals surface area contributed by atoms with Crippen molar-refractivity contribution in [2.75, 3.05) is 32.1 Å². The number of hydrogen-bond donors (Lipinski definition) is 18. The Morgan fingerprint density at radius 2 is 0.965 bits per heavy atom. The lowest BCUT2D eigenvalue weighted by atomic mass is 10.0. The predicted octanol–water partition coefficient (Wildman–Crippen LogP) is 0.744. The van der Waals surface area contributed by atoms with Gasteiger partial charge in [-0.1, -0.05) is 162 Å². The van der Waals surface area contributed by atoms with Crippen LogP contribution in [0, 0.1) is 0 Å². The quantitative estimate of drug-likeness (QED) is 0.0124. The molecular weight excluding hydrogens is 1500 g/mol. The molecule has 0 bridgehead atoms. The maximum absolute atomic E-state index is 14.8. The van der Waals surface area contributed by atoms with Gasteiger partial charge in [-0.3, -0.25) is 47.9 Å². The third-order valence-electron chi connectivity index (χ3n) is 17.3. The number of allylic oxidation sites excluding steroid dienone is 1. The molecule has 0 radical (unpaired) electrons. The van der Waals surface area contributed by atoms with E-state index in [1.165, 1.54) is 6.92 Å². The normalized spacial score (nSPS) is 20.7. The van der Waals surface area contributed by atoms with E-state index in [9.17, 15) is 103 Å². The summed E-state index contributed by atoms with van der Waals surface area (Å²) in [5.41, 5.74) is 0.999. The van der Waals surface area contributed by atoms with Crippen molar-refractivity contribution < 1.29 is 122 Å². The first-order chi connectivity index (χ1) is 54.0. The van der Waals surface area contributed by atoms with Gasteiger partial charge in [-0.05, 0) is 69.1 Å². The highest BCUT2D eigenvalue weighted by Gasteiger charge is 2.41. The van der Waals surface area contributed by atoms with Crippen molar-refractivity contribution in [3.05, 3.63) is 119 Å². The highest BCUT2D eigenvalue weighted by Crippen LogP contribution is 2.15. The molecule has 0 aromatic heterocycles. The van der Waals surface area contributed by atoms with E-state index in [1.807, 2.05) is 5.32 Å². The highest BCUT2D eigenvalue weighted by atomic mass is 35.5. The number of ether oxygens (including phenoxy) is 4. The summed E-state index contributed by atoms with van der Waals surface area (Å²) in [6.07, 6.45) is -5.85. The summed E-state index contributed by atoms with van der Waals surface area (Å²) in [7, 11) is 0. The molecule has 12 amide bonds. The number of nitrogens with one attached hydrogen (secondary N) is 12. The largest absolute Gasteiger partial charge is 0.481 e. The van der Waals surface area contributed by atoms with Crippen molar-refractivity contribution >= 4 is 101 Å². The summed E-state index contributed by atoms with van der Waals surface area (Å²) >= 11 is 6.01. The van der Waals surface area contributed by atoms with Gasteiger partial charge >= 0.3 is 36.2 Å². The molecule has 18 N–H and O–H groups in total. The lowest BCUT2D eigenvalue weighted by molar-refractivity contribution is -0.153. The number of alkyl carbamates (subject to hydrolysis) is 3. The Bertz CT molecular complexity index is 3620. The number of esters is 1. The molecule has 1 saturated heterocycles. The minimum atomic E-state index is -2.94. The van der Waals surface area contributed by atoms with E-state index in [2.05, 4.69) is 65.4 Å². The molecule has 38 heteroatoms. The zero-order valence-electron chi connectivity index (χ0n) is 63.2. The average molecular weight is 1610 g/mol. The minimum absolute atomic E-state index is 0.0395. The fourth-order valence-corrected chi connectivity index (χ4v) is 11.2. The van der Waals surface area contributed by atoms with Crippen molar-refractivity contribution in [1.82, 2.24) is 63.8 Å². The van der Waals surface area contributed by atoms with Crippen molar-refractivity contribution in [1.29, 1.82) is 0 Å². The fraction of sp³-hybridized carbons (Fsp3) is 0.533. The van der Waals surface area contributed by atoms with E-state index in [-0.39, 0.29) is 45.6 Å². The van der Waals surface area contributed by atoms with E-state index < -0.39 is 225 Å². The number of amides is 12. The zero-order valence-corrected chi connectivity index (χ0v) is 63.9. The van der Waals surface area contributed by atoms with Crippen LogP contribution in [-0.4, -0.2) is 225 Å². The molecule has 0 aliphatic carbocycles. The first kappa shape index (κ1) is 94.4. The predicted molar refractivity (Wildman–Crippen MR) is 402 cm³/mol. The minimum Gasteiger partial charge on any atom is -0.481 e. The third kappa shape index (κ3) is 36.8. The highest BCUT2D eigenvalue weighted by molar-refractivity contribution is 6.18. The van der Waals surface area contributed by atoms with Crippen LogP contribution in [-0.2, 0) is 96.3 Å². The molecule has 3 aromatic rings. The van der Waals surface area contributed by atoms with Gasteiger partial charge in [-0.15, -0.1) is 11.6 Å². The molecule has 1 heterocycles. The average Bonchev–Trinajstić information content (AvgIpc) is 0.845. The second kappa shape index (κ2) is 52.3. The number of hydrogen-bond acceptors (Lipinski definition) is 23. The molecule has 12 atom stereocenters. The van der Waals surface area contributed by atoms with E-state index >= 15 is 0 Å². The van der Waals surface area contributed by atoms with Crippen LogP contribution in [0.4, 0.5) is 14.4 Å². The smallest absolute Gasteiger partial charge is 0.407 e.